The number of allylic oxidation sites excluding steroid dienone is 2. The van der Waals surface area contributed by atoms with E-state index in [4.69, 9.17) is 0 Å². The van der Waals surface area contributed by atoms with E-state index < -0.39 is 0 Å². The minimum absolute atomic E-state index is 0.00222. The lowest BCUT2D eigenvalue weighted by Gasteiger charge is -2.56. The Morgan fingerprint density at radius 3 is 2.63 bits per heavy atom. The van der Waals surface area contributed by atoms with Crippen molar-refractivity contribution in [3.8, 4) is 0 Å². The zero-order valence-corrected chi connectivity index (χ0v) is 17.4. The first-order valence-electron chi connectivity index (χ1n) is 10.6. The lowest BCUT2D eigenvalue weighted by atomic mass is 9.50. The molecule has 1 heterocycles. The third kappa shape index (κ3) is 2.87. The normalized spacial score (nSPS) is 43.1. The molecule has 0 aromatic rings. The van der Waals surface area contributed by atoms with Crippen molar-refractivity contribution < 1.29 is 9.59 Å². The van der Waals surface area contributed by atoms with Gasteiger partial charge in [0.2, 0.25) is 11.8 Å². The van der Waals surface area contributed by atoms with Crippen molar-refractivity contribution in [3.05, 3.63) is 23.9 Å². The SMILES string of the molecule is CC(C)(C)NC(=O)[C@@H]1CC[C@@H]2[C@H]3CC=C4NC(=O)C=C[C@@]4(C)[C@@H]3CC[C@]21C. The van der Waals surface area contributed by atoms with Gasteiger partial charge in [-0.05, 0) is 76.0 Å². The average molecular weight is 371 g/mol. The van der Waals surface area contributed by atoms with Gasteiger partial charge < -0.3 is 10.6 Å². The predicted octanol–water partition coefficient (Wildman–Crippen LogP) is 3.94. The molecule has 2 N–H and O–H groups in total. The Kier molecular flexibility index (Phi) is 4.14. The van der Waals surface area contributed by atoms with Crippen LogP contribution in [0.1, 0.15) is 66.7 Å². The summed E-state index contributed by atoms with van der Waals surface area (Å²) in [5.41, 5.74) is 0.952. The molecule has 0 spiro atoms. The van der Waals surface area contributed by atoms with Gasteiger partial charge >= 0.3 is 0 Å². The van der Waals surface area contributed by atoms with Crippen molar-refractivity contribution in [2.75, 3.05) is 0 Å². The molecule has 4 rings (SSSR count). The number of fused-ring (bicyclic) bond motifs is 5. The lowest BCUT2D eigenvalue weighted by molar-refractivity contribution is -0.133. The van der Waals surface area contributed by atoms with Gasteiger partial charge in [-0.2, -0.15) is 0 Å². The van der Waals surface area contributed by atoms with Gasteiger partial charge in [0.15, 0.2) is 0 Å². The van der Waals surface area contributed by atoms with Crippen LogP contribution in [0.25, 0.3) is 0 Å². The van der Waals surface area contributed by atoms with Gasteiger partial charge in [0.1, 0.15) is 0 Å². The van der Waals surface area contributed by atoms with Gasteiger partial charge in [0, 0.05) is 28.6 Å². The third-order valence-electron chi connectivity index (χ3n) is 8.04. The summed E-state index contributed by atoms with van der Waals surface area (Å²) in [7, 11) is 0. The molecule has 6 atom stereocenters. The summed E-state index contributed by atoms with van der Waals surface area (Å²) in [5, 5.41) is 6.32. The number of carbonyl (C=O) groups excluding carboxylic acids is 2. The minimum atomic E-state index is -0.177. The van der Waals surface area contributed by atoms with Crippen LogP contribution in [0.2, 0.25) is 0 Å². The van der Waals surface area contributed by atoms with Crippen molar-refractivity contribution in [1.82, 2.24) is 10.6 Å². The Morgan fingerprint density at radius 1 is 1.19 bits per heavy atom. The molecule has 0 saturated heterocycles. The molecule has 0 bridgehead atoms. The fraction of sp³-hybridized carbons (Fsp3) is 0.739. The van der Waals surface area contributed by atoms with Crippen LogP contribution in [-0.2, 0) is 9.59 Å². The first-order valence-corrected chi connectivity index (χ1v) is 10.6. The molecule has 0 radical (unpaired) electrons. The molecule has 2 saturated carbocycles. The Labute approximate surface area is 163 Å². The van der Waals surface area contributed by atoms with Crippen molar-refractivity contribution >= 4 is 11.8 Å². The number of hydrogen-bond acceptors (Lipinski definition) is 2. The van der Waals surface area contributed by atoms with E-state index in [1.165, 1.54) is 0 Å². The standard InChI is InChI=1S/C23H34N2O2/c1-21(2,3)25-20(27)17-8-7-15-14-6-9-18-23(5,13-11-19(26)24-18)16(14)10-12-22(15,17)4/h9,11,13-17H,6-8,10,12H2,1-5H3,(H,24,26)(H,25,27)/t14-,15-,16-,17+,22-,23+/m1/s1. The largest absolute Gasteiger partial charge is 0.351 e. The van der Waals surface area contributed by atoms with Crippen LogP contribution >= 0.6 is 0 Å². The van der Waals surface area contributed by atoms with Crippen LogP contribution in [-0.4, -0.2) is 17.4 Å². The van der Waals surface area contributed by atoms with Gasteiger partial charge in [0.25, 0.3) is 0 Å². The molecule has 148 valence electrons. The molecule has 27 heavy (non-hydrogen) atoms. The molecule has 4 heteroatoms. The van der Waals surface area contributed by atoms with Gasteiger partial charge in [-0.1, -0.05) is 26.0 Å². The van der Waals surface area contributed by atoms with Crippen LogP contribution in [0.3, 0.4) is 0 Å². The molecule has 4 aliphatic rings. The van der Waals surface area contributed by atoms with E-state index in [1.54, 1.807) is 6.08 Å². The van der Waals surface area contributed by atoms with E-state index in [2.05, 4.69) is 57.4 Å². The molecule has 3 aliphatic carbocycles. The van der Waals surface area contributed by atoms with E-state index in [0.29, 0.717) is 17.8 Å². The van der Waals surface area contributed by atoms with Crippen LogP contribution in [0.15, 0.2) is 23.9 Å². The summed E-state index contributed by atoms with van der Waals surface area (Å²) < 4.78 is 0. The first kappa shape index (κ1) is 18.8. The minimum Gasteiger partial charge on any atom is -0.351 e. The van der Waals surface area contributed by atoms with E-state index >= 15 is 0 Å². The quantitative estimate of drug-likeness (QED) is 0.734. The van der Waals surface area contributed by atoms with Crippen molar-refractivity contribution in [1.29, 1.82) is 0 Å². The summed E-state index contributed by atoms with van der Waals surface area (Å²) in [4.78, 5) is 24.8. The lowest BCUT2D eigenvalue weighted by Crippen LogP contribution is -2.53. The van der Waals surface area contributed by atoms with Gasteiger partial charge in [-0.25, -0.2) is 0 Å². The zero-order chi connectivity index (χ0) is 19.6. The van der Waals surface area contributed by atoms with Crippen LogP contribution < -0.4 is 10.6 Å². The Hall–Kier alpha value is -1.58. The highest BCUT2D eigenvalue weighted by molar-refractivity contribution is 5.90. The second kappa shape index (κ2) is 5.96. The number of nitrogens with one attached hydrogen (secondary N) is 2. The van der Waals surface area contributed by atoms with Gasteiger partial charge in [-0.15, -0.1) is 0 Å². The Bertz CT molecular complexity index is 731. The fourth-order valence-corrected chi connectivity index (χ4v) is 6.74. The second-order valence-electron chi connectivity index (χ2n) is 10.7. The molecule has 2 fully saturated rings. The smallest absolute Gasteiger partial charge is 0.247 e. The Morgan fingerprint density at radius 2 is 1.93 bits per heavy atom. The summed E-state index contributed by atoms with van der Waals surface area (Å²) in [5.74, 6) is 2.11. The number of hydrogen-bond donors (Lipinski definition) is 2. The van der Waals surface area contributed by atoms with Crippen LogP contribution in [0.4, 0.5) is 0 Å². The topological polar surface area (TPSA) is 58.2 Å². The predicted molar refractivity (Wildman–Crippen MR) is 107 cm³/mol. The summed E-state index contributed by atoms with van der Waals surface area (Å²) >= 11 is 0. The molecule has 0 aromatic heterocycles. The third-order valence-corrected chi connectivity index (χ3v) is 8.04. The average Bonchev–Trinajstić information content (AvgIpc) is 2.91. The molecule has 4 nitrogen and oxygen atoms in total. The first-order chi connectivity index (χ1) is 12.5. The van der Waals surface area contributed by atoms with Crippen molar-refractivity contribution in [2.45, 2.75) is 72.3 Å². The van der Waals surface area contributed by atoms with E-state index in [-0.39, 0.29) is 34.1 Å². The second-order valence-corrected chi connectivity index (χ2v) is 10.7. The van der Waals surface area contributed by atoms with Crippen LogP contribution in [0, 0.1) is 34.5 Å². The van der Waals surface area contributed by atoms with Gasteiger partial charge in [-0.3, -0.25) is 9.59 Å². The monoisotopic (exact) mass is 370 g/mol. The molecule has 0 unspecified atom stereocenters. The highest BCUT2D eigenvalue weighted by Gasteiger charge is 2.59. The molecular weight excluding hydrogens is 336 g/mol. The molecule has 1 aliphatic heterocycles. The maximum absolute atomic E-state index is 13.0. The molecule has 2 amide bonds. The number of carbonyl (C=O) groups is 2. The fourth-order valence-electron chi connectivity index (χ4n) is 6.74. The summed E-state index contributed by atoms with van der Waals surface area (Å²) in [6.07, 6.45) is 11.5. The molecule has 0 aromatic carbocycles. The summed E-state index contributed by atoms with van der Waals surface area (Å²) in [6.45, 7) is 10.8. The maximum Gasteiger partial charge on any atom is 0.247 e. The number of rotatable bonds is 1. The van der Waals surface area contributed by atoms with Gasteiger partial charge in [0.05, 0.1) is 0 Å². The zero-order valence-electron chi connectivity index (χ0n) is 17.4. The van der Waals surface area contributed by atoms with E-state index in [0.717, 1.165) is 37.8 Å². The highest BCUT2D eigenvalue weighted by atomic mass is 16.2. The van der Waals surface area contributed by atoms with Crippen LogP contribution in [0.5, 0.6) is 0 Å². The maximum atomic E-state index is 13.0. The number of amides is 2. The van der Waals surface area contributed by atoms with E-state index in [1.807, 2.05) is 0 Å². The van der Waals surface area contributed by atoms with Crippen molar-refractivity contribution in [3.63, 3.8) is 0 Å². The van der Waals surface area contributed by atoms with E-state index in [9.17, 15) is 9.59 Å². The summed E-state index contributed by atoms with van der Waals surface area (Å²) in [6, 6.07) is 0. The highest BCUT2D eigenvalue weighted by Crippen LogP contribution is 2.64. The Balaban J connectivity index is 1.60. The van der Waals surface area contributed by atoms with Crippen molar-refractivity contribution in [2.24, 2.45) is 34.5 Å². The molecular formula is C23H34N2O2.